The number of nitrogens with zero attached hydrogens (tertiary/aromatic N) is 4. The summed E-state index contributed by atoms with van der Waals surface area (Å²) in [4.78, 5) is 13.6. The number of carbonyl (C=O) groups excluding carboxylic acids is 1. The van der Waals surface area contributed by atoms with Crippen molar-refractivity contribution in [2.24, 2.45) is 0 Å². The van der Waals surface area contributed by atoms with Gasteiger partial charge in [-0.25, -0.2) is 4.79 Å². The van der Waals surface area contributed by atoms with Gasteiger partial charge in [-0.3, -0.25) is 0 Å². The summed E-state index contributed by atoms with van der Waals surface area (Å²) in [6, 6.07) is 0.262. The number of rotatable bonds is 1. The lowest BCUT2D eigenvalue weighted by Gasteiger charge is -2.24. The van der Waals surface area contributed by atoms with Crippen LogP contribution in [0, 0.1) is 0 Å². The highest BCUT2D eigenvalue weighted by Gasteiger charge is 2.30. The maximum Gasteiger partial charge on any atom is 0.410 e. The van der Waals surface area contributed by atoms with E-state index in [9.17, 15) is 4.79 Å². The van der Waals surface area contributed by atoms with Gasteiger partial charge in [0, 0.05) is 13.1 Å². The summed E-state index contributed by atoms with van der Waals surface area (Å²) in [5.74, 6) is 0. The predicted octanol–water partition coefficient (Wildman–Crippen LogP) is 1.46. The molecule has 2 heterocycles. The normalized spacial score (nSPS) is 20.6. The zero-order valence-corrected chi connectivity index (χ0v) is 10.5. The largest absolute Gasteiger partial charge is 0.444 e. The molecule has 0 radical (unpaired) electrons. The van der Waals surface area contributed by atoms with Gasteiger partial charge < -0.3 is 14.2 Å². The molecule has 0 saturated carbocycles. The summed E-state index contributed by atoms with van der Waals surface area (Å²) in [5, 5.41) is 7.55. The molecule has 1 atom stereocenters. The number of amides is 1. The van der Waals surface area contributed by atoms with Crippen LogP contribution < -0.4 is 0 Å². The van der Waals surface area contributed by atoms with E-state index in [2.05, 4.69) is 10.2 Å². The van der Waals surface area contributed by atoms with Crippen LogP contribution in [0.25, 0.3) is 0 Å². The Morgan fingerprint density at radius 1 is 1.35 bits per heavy atom. The Morgan fingerprint density at radius 3 is 2.59 bits per heavy atom. The van der Waals surface area contributed by atoms with Gasteiger partial charge in [-0.1, -0.05) is 0 Å². The highest BCUT2D eigenvalue weighted by Crippen LogP contribution is 2.22. The Hall–Kier alpha value is -1.59. The first-order chi connectivity index (χ1) is 7.96. The molecule has 1 aliphatic heterocycles. The molecule has 0 spiro atoms. The molecule has 1 amide bonds. The minimum absolute atomic E-state index is 0.243. The van der Waals surface area contributed by atoms with Crippen LogP contribution in [0.4, 0.5) is 4.79 Å². The molecule has 1 aromatic rings. The van der Waals surface area contributed by atoms with Crippen LogP contribution in [0.1, 0.15) is 33.2 Å². The highest BCUT2D eigenvalue weighted by atomic mass is 16.6. The Kier molecular flexibility index (Phi) is 3.04. The van der Waals surface area contributed by atoms with Gasteiger partial charge in [-0.2, -0.15) is 0 Å². The zero-order valence-electron chi connectivity index (χ0n) is 10.5. The van der Waals surface area contributed by atoms with Gasteiger partial charge in [0.2, 0.25) is 0 Å². The second kappa shape index (κ2) is 4.35. The van der Waals surface area contributed by atoms with E-state index in [4.69, 9.17) is 4.74 Å². The van der Waals surface area contributed by atoms with Gasteiger partial charge in [0.15, 0.2) is 0 Å². The van der Waals surface area contributed by atoms with Crippen molar-refractivity contribution in [1.82, 2.24) is 19.7 Å². The van der Waals surface area contributed by atoms with E-state index < -0.39 is 5.60 Å². The van der Waals surface area contributed by atoms with E-state index in [1.165, 1.54) is 0 Å². The lowest BCUT2D eigenvalue weighted by atomic mass is 10.2. The molecule has 6 heteroatoms. The van der Waals surface area contributed by atoms with Gasteiger partial charge in [0.25, 0.3) is 0 Å². The van der Waals surface area contributed by atoms with Crippen LogP contribution in [-0.2, 0) is 4.74 Å². The summed E-state index contributed by atoms with van der Waals surface area (Å²) in [6.45, 7) is 7.00. The van der Waals surface area contributed by atoms with Crippen molar-refractivity contribution >= 4 is 6.09 Å². The van der Waals surface area contributed by atoms with Crippen molar-refractivity contribution in [3.05, 3.63) is 12.7 Å². The molecule has 2 rings (SSSR count). The first-order valence-electron chi connectivity index (χ1n) is 5.78. The van der Waals surface area contributed by atoms with E-state index in [1.54, 1.807) is 17.6 Å². The summed E-state index contributed by atoms with van der Waals surface area (Å²) in [6.07, 6.45) is 4.04. The van der Waals surface area contributed by atoms with E-state index in [0.29, 0.717) is 6.54 Å². The smallest absolute Gasteiger partial charge is 0.410 e. The minimum Gasteiger partial charge on any atom is -0.444 e. The molecule has 0 bridgehead atoms. The lowest BCUT2D eigenvalue weighted by Crippen LogP contribution is -2.35. The average Bonchev–Trinajstić information content (AvgIpc) is 2.86. The molecular formula is C11H18N4O2. The molecule has 0 aromatic carbocycles. The highest BCUT2D eigenvalue weighted by molar-refractivity contribution is 5.68. The van der Waals surface area contributed by atoms with E-state index >= 15 is 0 Å². The Bertz CT molecular complexity index is 383. The Morgan fingerprint density at radius 2 is 2.00 bits per heavy atom. The standard InChI is InChI=1S/C11H18N4O2/c1-11(2,3)17-10(16)14-5-4-9(6-14)15-7-12-13-8-15/h7-9H,4-6H2,1-3H3/t9-/m0/s1. The lowest BCUT2D eigenvalue weighted by molar-refractivity contribution is 0.0289. The number of likely N-dealkylation sites (tertiary alicyclic amines) is 1. The van der Waals surface area contributed by atoms with Crippen molar-refractivity contribution in [3.63, 3.8) is 0 Å². The molecule has 0 N–H and O–H groups in total. The third-order valence-corrected chi connectivity index (χ3v) is 2.67. The number of hydrogen-bond donors (Lipinski definition) is 0. The van der Waals surface area contributed by atoms with E-state index in [0.717, 1.165) is 13.0 Å². The maximum atomic E-state index is 11.8. The van der Waals surface area contributed by atoms with Crippen molar-refractivity contribution in [3.8, 4) is 0 Å². The van der Waals surface area contributed by atoms with Crippen LogP contribution in [0.15, 0.2) is 12.7 Å². The van der Waals surface area contributed by atoms with Gasteiger partial charge in [0.05, 0.1) is 6.04 Å². The molecule has 1 aliphatic rings. The molecule has 94 valence electrons. The molecule has 0 unspecified atom stereocenters. The van der Waals surface area contributed by atoms with Crippen molar-refractivity contribution in [2.75, 3.05) is 13.1 Å². The molecule has 1 fully saturated rings. The quantitative estimate of drug-likeness (QED) is 0.743. The fraction of sp³-hybridized carbons (Fsp3) is 0.727. The molecule has 1 saturated heterocycles. The summed E-state index contributed by atoms with van der Waals surface area (Å²) < 4.78 is 7.27. The van der Waals surface area contributed by atoms with Crippen LogP contribution in [0.5, 0.6) is 0 Å². The molecule has 6 nitrogen and oxygen atoms in total. The Labute approximate surface area is 101 Å². The zero-order chi connectivity index (χ0) is 12.5. The van der Waals surface area contributed by atoms with Gasteiger partial charge in [0.1, 0.15) is 18.3 Å². The first-order valence-corrected chi connectivity index (χ1v) is 5.78. The minimum atomic E-state index is -0.439. The number of ether oxygens (including phenoxy) is 1. The molecule has 17 heavy (non-hydrogen) atoms. The number of aromatic nitrogens is 3. The average molecular weight is 238 g/mol. The van der Waals surface area contributed by atoms with Crippen LogP contribution in [-0.4, -0.2) is 44.4 Å². The summed E-state index contributed by atoms with van der Waals surface area (Å²) in [5.41, 5.74) is -0.439. The third-order valence-electron chi connectivity index (χ3n) is 2.67. The van der Waals surface area contributed by atoms with E-state index in [1.807, 2.05) is 25.3 Å². The van der Waals surface area contributed by atoms with Crippen molar-refractivity contribution < 1.29 is 9.53 Å². The Balaban J connectivity index is 1.92. The summed E-state index contributed by atoms with van der Waals surface area (Å²) in [7, 11) is 0. The van der Waals surface area contributed by atoms with Crippen molar-refractivity contribution in [2.45, 2.75) is 38.8 Å². The van der Waals surface area contributed by atoms with Crippen molar-refractivity contribution in [1.29, 1.82) is 0 Å². The monoisotopic (exact) mass is 238 g/mol. The molecule has 1 aromatic heterocycles. The fourth-order valence-corrected chi connectivity index (χ4v) is 1.87. The summed E-state index contributed by atoms with van der Waals surface area (Å²) >= 11 is 0. The van der Waals surface area contributed by atoms with Crippen LogP contribution in [0.2, 0.25) is 0 Å². The third kappa shape index (κ3) is 2.95. The molecular weight excluding hydrogens is 220 g/mol. The van der Waals surface area contributed by atoms with E-state index in [-0.39, 0.29) is 12.1 Å². The SMILES string of the molecule is CC(C)(C)OC(=O)N1CC[C@H](n2cnnc2)C1. The number of hydrogen-bond acceptors (Lipinski definition) is 4. The van der Waals surface area contributed by atoms with Gasteiger partial charge in [-0.15, -0.1) is 10.2 Å². The van der Waals surface area contributed by atoms with Crippen LogP contribution >= 0.6 is 0 Å². The fourth-order valence-electron chi connectivity index (χ4n) is 1.87. The van der Waals surface area contributed by atoms with Crippen LogP contribution in [0.3, 0.4) is 0 Å². The number of carbonyl (C=O) groups is 1. The second-order valence-corrected chi connectivity index (χ2v) is 5.28. The maximum absolute atomic E-state index is 11.8. The van der Waals surface area contributed by atoms with Gasteiger partial charge in [-0.05, 0) is 27.2 Å². The topological polar surface area (TPSA) is 60.2 Å². The predicted molar refractivity (Wildman–Crippen MR) is 61.5 cm³/mol. The second-order valence-electron chi connectivity index (χ2n) is 5.28. The first kappa shape index (κ1) is 11.9. The van der Waals surface area contributed by atoms with Gasteiger partial charge >= 0.3 is 6.09 Å². The molecule has 0 aliphatic carbocycles.